The number of hydrogen-bond acceptors (Lipinski definition) is 4. The van der Waals surface area contributed by atoms with Gasteiger partial charge in [-0.05, 0) is 66.6 Å². The number of benzene rings is 3. The van der Waals surface area contributed by atoms with Crippen LogP contribution in [0.5, 0.6) is 0 Å². The lowest BCUT2D eigenvalue weighted by atomic mass is 10.1. The maximum absolute atomic E-state index is 13.6. The molecule has 194 valence electrons. The first kappa shape index (κ1) is 25.9. The number of para-hydroxylation sites is 1. The lowest BCUT2D eigenvalue weighted by molar-refractivity contribution is -0.128. The van der Waals surface area contributed by atoms with Crippen molar-refractivity contribution in [3.8, 4) is 16.9 Å². The highest BCUT2D eigenvalue weighted by molar-refractivity contribution is 7.91. The van der Waals surface area contributed by atoms with Gasteiger partial charge in [0.15, 0.2) is 9.84 Å². The molecule has 2 heterocycles. The van der Waals surface area contributed by atoms with Crippen molar-refractivity contribution >= 4 is 33.4 Å². The van der Waals surface area contributed by atoms with Crippen LogP contribution in [0.25, 0.3) is 23.0 Å². The Labute approximate surface area is 225 Å². The average Bonchev–Trinajstić information content (AvgIpc) is 3.51. The molecule has 1 unspecified atom stereocenters. The summed E-state index contributed by atoms with van der Waals surface area (Å²) < 4.78 is 39.7. The first-order valence-corrected chi connectivity index (χ1v) is 14.3. The van der Waals surface area contributed by atoms with Gasteiger partial charge in [-0.25, -0.2) is 17.5 Å². The van der Waals surface area contributed by atoms with Gasteiger partial charge in [0, 0.05) is 41.0 Å². The predicted octanol–water partition coefficient (Wildman–Crippen LogP) is 5.56. The van der Waals surface area contributed by atoms with Crippen molar-refractivity contribution in [2.24, 2.45) is 0 Å². The Morgan fingerprint density at radius 3 is 2.42 bits per heavy atom. The third-order valence-electron chi connectivity index (χ3n) is 6.48. The van der Waals surface area contributed by atoms with Crippen LogP contribution in [0.1, 0.15) is 17.5 Å². The van der Waals surface area contributed by atoms with Gasteiger partial charge in [0.1, 0.15) is 5.82 Å². The van der Waals surface area contributed by atoms with Crippen molar-refractivity contribution in [3.05, 3.63) is 113 Å². The Kier molecular flexibility index (Phi) is 7.44. The van der Waals surface area contributed by atoms with Crippen LogP contribution < -0.4 is 0 Å². The van der Waals surface area contributed by atoms with Crippen LogP contribution in [0.15, 0.2) is 91.1 Å². The molecule has 1 aliphatic heterocycles. The molecular formula is C29H25ClFN3O3S. The molecule has 0 radical (unpaired) electrons. The van der Waals surface area contributed by atoms with Gasteiger partial charge in [0.05, 0.1) is 22.9 Å². The quantitative estimate of drug-likeness (QED) is 0.283. The van der Waals surface area contributed by atoms with E-state index in [9.17, 15) is 17.6 Å². The fourth-order valence-corrected chi connectivity index (χ4v) is 6.36. The Bertz CT molecular complexity index is 1570. The summed E-state index contributed by atoms with van der Waals surface area (Å²) in [6, 6.07) is 22.3. The molecule has 0 N–H and O–H groups in total. The molecular weight excluding hydrogens is 525 g/mol. The van der Waals surface area contributed by atoms with E-state index in [1.165, 1.54) is 18.2 Å². The molecule has 0 aliphatic carbocycles. The molecule has 3 aromatic carbocycles. The Morgan fingerprint density at radius 1 is 1.05 bits per heavy atom. The Morgan fingerprint density at radius 2 is 1.76 bits per heavy atom. The third kappa shape index (κ3) is 6.03. The topological polar surface area (TPSA) is 72.3 Å². The Balaban J connectivity index is 1.48. The van der Waals surface area contributed by atoms with E-state index in [1.807, 2.05) is 42.5 Å². The predicted molar refractivity (Wildman–Crippen MR) is 147 cm³/mol. The molecule has 1 aliphatic rings. The fourth-order valence-electron chi connectivity index (χ4n) is 4.51. The number of rotatable bonds is 7. The van der Waals surface area contributed by atoms with E-state index in [1.54, 1.807) is 46.1 Å². The van der Waals surface area contributed by atoms with E-state index in [0.717, 1.165) is 11.3 Å². The first-order chi connectivity index (χ1) is 18.3. The van der Waals surface area contributed by atoms with Crippen LogP contribution >= 0.6 is 11.6 Å². The number of aromatic nitrogens is 2. The second-order valence-corrected chi connectivity index (χ2v) is 11.9. The van der Waals surface area contributed by atoms with Crippen molar-refractivity contribution in [2.45, 2.75) is 19.0 Å². The molecule has 1 aromatic heterocycles. The highest BCUT2D eigenvalue weighted by Crippen LogP contribution is 2.26. The number of carbonyl (C=O) groups is 1. The first-order valence-electron chi connectivity index (χ1n) is 12.1. The molecule has 5 rings (SSSR count). The molecule has 1 amide bonds. The van der Waals surface area contributed by atoms with Gasteiger partial charge in [-0.15, -0.1) is 0 Å². The van der Waals surface area contributed by atoms with Crippen molar-refractivity contribution in [2.75, 3.05) is 11.5 Å². The van der Waals surface area contributed by atoms with Crippen LogP contribution in [0, 0.1) is 5.82 Å². The number of sulfone groups is 1. The fraction of sp³-hybridized carbons (Fsp3) is 0.172. The van der Waals surface area contributed by atoms with Gasteiger partial charge in [0.25, 0.3) is 0 Å². The summed E-state index contributed by atoms with van der Waals surface area (Å²) in [7, 11) is -3.20. The number of hydrogen-bond donors (Lipinski definition) is 0. The zero-order valence-electron chi connectivity index (χ0n) is 20.4. The smallest absolute Gasteiger partial charge is 0.247 e. The molecule has 0 spiro atoms. The van der Waals surface area contributed by atoms with E-state index >= 15 is 0 Å². The molecule has 1 atom stereocenters. The minimum Gasteiger partial charge on any atom is -0.331 e. The normalized spacial score (nSPS) is 16.6. The zero-order chi connectivity index (χ0) is 26.7. The van der Waals surface area contributed by atoms with E-state index in [2.05, 4.69) is 0 Å². The molecule has 6 nitrogen and oxygen atoms in total. The van der Waals surface area contributed by atoms with Crippen molar-refractivity contribution in [3.63, 3.8) is 0 Å². The SMILES string of the molecule is O=C(/C=C/c1cn(-c2ccccc2)nc1-c1ccc(F)cc1)N(Cc1ccc(Cl)cc1)C1CCS(=O)(=O)C1. The minimum absolute atomic E-state index is 0.0599. The maximum atomic E-state index is 13.6. The summed E-state index contributed by atoms with van der Waals surface area (Å²) in [5, 5.41) is 5.28. The molecule has 1 fully saturated rings. The summed E-state index contributed by atoms with van der Waals surface area (Å²) in [5.41, 5.74) is 3.64. The average molecular weight is 550 g/mol. The second kappa shape index (κ2) is 10.9. The van der Waals surface area contributed by atoms with Crippen LogP contribution in [0.3, 0.4) is 0 Å². The van der Waals surface area contributed by atoms with Gasteiger partial charge in [-0.3, -0.25) is 4.79 Å². The third-order valence-corrected chi connectivity index (χ3v) is 8.49. The highest BCUT2D eigenvalue weighted by Gasteiger charge is 2.34. The Hall–Kier alpha value is -3.75. The van der Waals surface area contributed by atoms with Crippen molar-refractivity contribution < 1.29 is 17.6 Å². The van der Waals surface area contributed by atoms with Gasteiger partial charge in [-0.2, -0.15) is 5.10 Å². The summed E-state index contributed by atoms with van der Waals surface area (Å²) in [6.07, 6.45) is 5.32. The molecule has 38 heavy (non-hydrogen) atoms. The molecule has 0 saturated carbocycles. The summed E-state index contributed by atoms with van der Waals surface area (Å²) in [5.74, 6) is -0.662. The van der Waals surface area contributed by atoms with Gasteiger partial charge < -0.3 is 4.90 Å². The number of amides is 1. The summed E-state index contributed by atoms with van der Waals surface area (Å²) >= 11 is 6.01. The molecule has 9 heteroatoms. The molecule has 0 bridgehead atoms. The number of halogens is 2. The van der Waals surface area contributed by atoms with Crippen LogP contribution in [0.4, 0.5) is 4.39 Å². The summed E-state index contributed by atoms with van der Waals surface area (Å²) in [4.78, 5) is 15.1. The maximum Gasteiger partial charge on any atom is 0.247 e. The monoisotopic (exact) mass is 549 g/mol. The highest BCUT2D eigenvalue weighted by atomic mass is 35.5. The van der Waals surface area contributed by atoms with Gasteiger partial charge in [0.2, 0.25) is 5.91 Å². The summed E-state index contributed by atoms with van der Waals surface area (Å²) in [6.45, 7) is 0.259. The van der Waals surface area contributed by atoms with E-state index in [0.29, 0.717) is 28.3 Å². The lowest BCUT2D eigenvalue weighted by Gasteiger charge is -2.27. The molecule has 1 saturated heterocycles. The molecule has 4 aromatic rings. The lowest BCUT2D eigenvalue weighted by Crippen LogP contribution is -2.39. The van der Waals surface area contributed by atoms with Crippen molar-refractivity contribution in [1.29, 1.82) is 0 Å². The zero-order valence-corrected chi connectivity index (χ0v) is 21.9. The number of nitrogens with zero attached hydrogens (tertiary/aromatic N) is 3. The van der Waals surface area contributed by atoms with Crippen molar-refractivity contribution in [1.82, 2.24) is 14.7 Å². The van der Waals surface area contributed by atoms with E-state index < -0.39 is 15.9 Å². The van der Waals surface area contributed by atoms with E-state index in [4.69, 9.17) is 16.7 Å². The number of carbonyl (C=O) groups excluding carboxylic acids is 1. The largest absolute Gasteiger partial charge is 0.331 e. The standard InChI is InChI=1S/C29H25ClFN3O3S/c30-24-11-6-21(7-12-24)18-33(27-16-17-38(36,37)20-27)28(35)15-10-23-19-34(26-4-2-1-3-5-26)32-29(23)22-8-13-25(31)14-9-22/h1-15,19,27H,16-18,20H2/b15-10+. The van der Waals surface area contributed by atoms with Gasteiger partial charge >= 0.3 is 0 Å². The van der Waals surface area contributed by atoms with Crippen LogP contribution in [0.2, 0.25) is 5.02 Å². The second-order valence-electron chi connectivity index (χ2n) is 9.20. The van der Waals surface area contributed by atoms with Gasteiger partial charge in [-0.1, -0.05) is 41.9 Å². The van der Waals surface area contributed by atoms with Crippen LogP contribution in [-0.4, -0.2) is 46.6 Å². The van der Waals surface area contributed by atoms with Crippen LogP contribution in [-0.2, 0) is 21.2 Å². The van der Waals surface area contributed by atoms with E-state index in [-0.39, 0.29) is 29.8 Å². The minimum atomic E-state index is -3.20.